The summed E-state index contributed by atoms with van der Waals surface area (Å²) in [7, 11) is 2.12. The van der Waals surface area contributed by atoms with Crippen LogP contribution in [0.2, 0.25) is 0 Å². The molecule has 1 atom stereocenters. The van der Waals surface area contributed by atoms with Gasteiger partial charge in [-0.2, -0.15) is 0 Å². The van der Waals surface area contributed by atoms with Gasteiger partial charge in [-0.1, -0.05) is 24.6 Å². The van der Waals surface area contributed by atoms with Crippen LogP contribution in [0, 0.1) is 6.92 Å². The molecule has 114 valence electrons. The van der Waals surface area contributed by atoms with Gasteiger partial charge in [0.1, 0.15) is 0 Å². The molecule has 0 amide bonds. The molecule has 1 aromatic rings. The predicted octanol–water partition coefficient (Wildman–Crippen LogP) is 3.14. The molecule has 1 aromatic carbocycles. The molecule has 0 spiro atoms. The van der Waals surface area contributed by atoms with E-state index in [0.717, 1.165) is 26.0 Å². The third-order valence-electron chi connectivity index (χ3n) is 3.53. The van der Waals surface area contributed by atoms with Crippen molar-refractivity contribution >= 4 is 5.69 Å². The van der Waals surface area contributed by atoms with Gasteiger partial charge in [0.05, 0.1) is 12.7 Å². The van der Waals surface area contributed by atoms with Crippen molar-refractivity contribution in [3.63, 3.8) is 0 Å². The van der Waals surface area contributed by atoms with Crippen molar-refractivity contribution in [2.24, 2.45) is 5.73 Å². The van der Waals surface area contributed by atoms with Gasteiger partial charge in [-0.25, -0.2) is 0 Å². The van der Waals surface area contributed by atoms with Crippen LogP contribution in [-0.4, -0.2) is 32.3 Å². The first-order valence-corrected chi connectivity index (χ1v) is 7.61. The van der Waals surface area contributed by atoms with E-state index in [-0.39, 0.29) is 12.1 Å². The Morgan fingerprint density at radius 3 is 2.60 bits per heavy atom. The van der Waals surface area contributed by atoms with E-state index in [4.69, 9.17) is 10.5 Å². The molecule has 0 saturated carbocycles. The van der Waals surface area contributed by atoms with Crippen molar-refractivity contribution in [2.75, 3.05) is 25.1 Å². The molecule has 0 bridgehead atoms. The quantitative estimate of drug-likeness (QED) is 0.794. The zero-order chi connectivity index (χ0) is 15.1. The molecule has 0 radical (unpaired) electrons. The van der Waals surface area contributed by atoms with E-state index < -0.39 is 0 Å². The van der Waals surface area contributed by atoms with Gasteiger partial charge < -0.3 is 15.4 Å². The van der Waals surface area contributed by atoms with Crippen LogP contribution in [-0.2, 0) is 11.2 Å². The lowest BCUT2D eigenvalue weighted by molar-refractivity contribution is 0.0846. The molecule has 0 aliphatic rings. The normalized spacial score (nSPS) is 12.8. The highest BCUT2D eigenvalue weighted by Crippen LogP contribution is 2.22. The molecule has 2 N–H and O–H groups in total. The number of likely N-dealkylation sites (N-methyl/N-ethyl adjacent to an activating group) is 1. The topological polar surface area (TPSA) is 38.5 Å². The van der Waals surface area contributed by atoms with E-state index in [9.17, 15) is 0 Å². The molecular weight excluding hydrogens is 248 g/mol. The minimum absolute atomic E-state index is 0.232. The van der Waals surface area contributed by atoms with Crippen LogP contribution in [0.15, 0.2) is 18.2 Å². The van der Waals surface area contributed by atoms with Gasteiger partial charge in [0.2, 0.25) is 0 Å². The van der Waals surface area contributed by atoms with Crippen LogP contribution in [0.1, 0.15) is 38.3 Å². The van der Waals surface area contributed by atoms with Gasteiger partial charge >= 0.3 is 0 Å². The zero-order valence-electron chi connectivity index (χ0n) is 13.6. The average molecular weight is 278 g/mol. The first-order valence-electron chi connectivity index (χ1n) is 7.61. The van der Waals surface area contributed by atoms with Crippen molar-refractivity contribution in [3.8, 4) is 0 Å². The predicted molar refractivity (Wildman–Crippen MR) is 87.5 cm³/mol. The highest BCUT2D eigenvalue weighted by Gasteiger charge is 2.11. The van der Waals surface area contributed by atoms with Crippen LogP contribution in [0.3, 0.4) is 0 Å². The van der Waals surface area contributed by atoms with Crippen molar-refractivity contribution in [2.45, 2.75) is 52.7 Å². The maximum absolute atomic E-state index is 6.12. The van der Waals surface area contributed by atoms with Gasteiger partial charge in [0.25, 0.3) is 0 Å². The Morgan fingerprint density at radius 1 is 1.30 bits per heavy atom. The number of nitrogens with zero attached hydrogens (tertiary/aromatic N) is 1. The molecule has 0 aromatic heterocycles. The number of aryl methyl sites for hydroxylation is 1. The summed E-state index contributed by atoms with van der Waals surface area (Å²) in [6.07, 6.45) is 2.23. The summed E-state index contributed by atoms with van der Waals surface area (Å²) in [6, 6.07) is 6.85. The summed E-state index contributed by atoms with van der Waals surface area (Å²) < 4.78 is 5.63. The van der Waals surface area contributed by atoms with E-state index in [1.165, 1.54) is 16.8 Å². The Morgan fingerprint density at radius 2 is 2.00 bits per heavy atom. The van der Waals surface area contributed by atoms with Crippen LogP contribution in [0.5, 0.6) is 0 Å². The van der Waals surface area contributed by atoms with Gasteiger partial charge in [-0.15, -0.1) is 0 Å². The fourth-order valence-electron chi connectivity index (χ4n) is 2.22. The lowest BCUT2D eigenvalue weighted by Gasteiger charge is -2.24. The molecule has 3 nitrogen and oxygen atoms in total. The maximum Gasteiger partial charge on any atom is 0.0644 e. The van der Waals surface area contributed by atoms with Gasteiger partial charge in [-0.3, -0.25) is 0 Å². The maximum atomic E-state index is 6.12. The summed E-state index contributed by atoms with van der Waals surface area (Å²) >= 11 is 0. The minimum atomic E-state index is 0.232. The van der Waals surface area contributed by atoms with Gasteiger partial charge in [0.15, 0.2) is 0 Å². The molecule has 20 heavy (non-hydrogen) atoms. The van der Waals surface area contributed by atoms with Crippen molar-refractivity contribution in [3.05, 3.63) is 29.3 Å². The summed E-state index contributed by atoms with van der Waals surface area (Å²) in [6.45, 7) is 10.1. The van der Waals surface area contributed by atoms with E-state index in [2.05, 4.69) is 57.8 Å². The molecule has 0 aliphatic heterocycles. The third kappa shape index (κ3) is 5.51. The van der Waals surface area contributed by atoms with Crippen molar-refractivity contribution < 1.29 is 4.74 Å². The molecule has 0 heterocycles. The lowest BCUT2D eigenvalue weighted by Crippen LogP contribution is -2.27. The molecule has 0 saturated heterocycles. The Balaban J connectivity index is 2.76. The smallest absolute Gasteiger partial charge is 0.0644 e. The van der Waals surface area contributed by atoms with Crippen LogP contribution < -0.4 is 10.6 Å². The van der Waals surface area contributed by atoms with Gasteiger partial charge in [0, 0.05) is 25.3 Å². The molecule has 3 heteroatoms. The standard InChI is InChI=1S/C17H30N2O/c1-6-16(18)12-15-11-14(4)7-8-17(15)19(5)9-10-20-13(2)3/h7-8,11,13,16H,6,9-10,12,18H2,1-5H3. The zero-order valence-corrected chi connectivity index (χ0v) is 13.6. The Kier molecular flexibility index (Phi) is 7.03. The van der Waals surface area contributed by atoms with Crippen molar-refractivity contribution in [1.82, 2.24) is 0 Å². The average Bonchev–Trinajstić information content (AvgIpc) is 2.38. The van der Waals surface area contributed by atoms with Crippen LogP contribution in [0.4, 0.5) is 5.69 Å². The molecule has 0 aliphatic carbocycles. The second kappa shape index (κ2) is 8.28. The SMILES string of the molecule is CCC(N)Cc1cc(C)ccc1N(C)CCOC(C)C. The molecule has 0 fully saturated rings. The first kappa shape index (κ1) is 17.0. The number of nitrogens with two attached hydrogens (primary N) is 1. The second-order valence-corrected chi connectivity index (χ2v) is 5.85. The van der Waals surface area contributed by atoms with E-state index in [1.807, 2.05) is 0 Å². The van der Waals surface area contributed by atoms with Crippen LogP contribution >= 0.6 is 0 Å². The van der Waals surface area contributed by atoms with E-state index >= 15 is 0 Å². The summed E-state index contributed by atoms with van der Waals surface area (Å²) in [5.41, 5.74) is 10.0. The highest BCUT2D eigenvalue weighted by molar-refractivity contribution is 5.54. The largest absolute Gasteiger partial charge is 0.377 e. The fraction of sp³-hybridized carbons (Fsp3) is 0.647. The van der Waals surface area contributed by atoms with Crippen LogP contribution in [0.25, 0.3) is 0 Å². The Hall–Kier alpha value is -1.06. The monoisotopic (exact) mass is 278 g/mol. The number of benzene rings is 1. The molecular formula is C17H30N2O. The van der Waals surface area contributed by atoms with Gasteiger partial charge in [-0.05, 0) is 45.2 Å². The van der Waals surface area contributed by atoms with E-state index in [1.54, 1.807) is 0 Å². The Bertz CT molecular complexity index is 404. The molecule has 1 unspecified atom stereocenters. The number of ether oxygens (including phenoxy) is 1. The Labute approximate surface area is 124 Å². The number of rotatable bonds is 8. The molecule has 1 rings (SSSR count). The fourth-order valence-corrected chi connectivity index (χ4v) is 2.22. The third-order valence-corrected chi connectivity index (χ3v) is 3.53. The summed E-state index contributed by atoms with van der Waals surface area (Å²) in [5, 5.41) is 0. The number of hydrogen-bond acceptors (Lipinski definition) is 3. The summed E-state index contributed by atoms with van der Waals surface area (Å²) in [5.74, 6) is 0. The van der Waals surface area contributed by atoms with E-state index in [0.29, 0.717) is 0 Å². The lowest BCUT2D eigenvalue weighted by atomic mass is 10.0. The first-order chi connectivity index (χ1) is 9.43. The second-order valence-electron chi connectivity index (χ2n) is 5.85. The number of anilines is 1. The van der Waals surface area contributed by atoms with Crippen molar-refractivity contribution in [1.29, 1.82) is 0 Å². The minimum Gasteiger partial charge on any atom is -0.377 e. The number of hydrogen-bond donors (Lipinski definition) is 1. The summed E-state index contributed by atoms with van der Waals surface area (Å²) in [4.78, 5) is 2.26. The highest BCUT2D eigenvalue weighted by atomic mass is 16.5.